The molecule has 0 aromatic carbocycles. The number of nitrogens with one attached hydrogen (secondary N) is 1. The van der Waals surface area contributed by atoms with Crippen molar-refractivity contribution in [2.75, 3.05) is 0 Å². The van der Waals surface area contributed by atoms with Gasteiger partial charge in [-0.2, -0.15) is 0 Å². The summed E-state index contributed by atoms with van der Waals surface area (Å²) in [5, 5.41) is 3.45. The van der Waals surface area contributed by atoms with Gasteiger partial charge in [0.15, 0.2) is 0 Å². The van der Waals surface area contributed by atoms with Gasteiger partial charge in [0.1, 0.15) is 0 Å². The van der Waals surface area contributed by atoms with Gasteiger partial charge in [-0.05, 0) is 61.7 Å². The normalized spacial score (nSPS) is 46.4. The first-order chi connectivity index (χ1) is 9.33. The lowest BCUT2D eigenvalue weighted by Gasteiger charge is -2.43. The molecule has 0 spiro atoms. The molecule has 3 fully saturated rings. The molecule has 3 rings (SSSR count). The van der Waals surface area contributed by atoms with Gasteiger partial charge in [0, 0.05) is 18.0 Å². The fourth-order valence-corrected chi connectivity index (χ4v) is 5.30. The largest absolute Gasteiger partial charge is 0.352 e. The monoisotopic (exact) mass is 278 g/mol. The van der Waals surface area contributed by atoms with Gasteiger partial charge in [-0.25, -0.2) is 0 Å². The van der Waals surface area contributed by atoms with Gasteiger partial charge >= 0.3 is 0 Å². The number of nitrogens with two attached hydrogens (primary N) is 1. The Balaban J connectivity index is 1.67. The van der Waals surface area contributed by atoms with Crippen LogP contribution in [0.1, 0.15) is 65.7 Å². The van der Waals surface area contributed by atoms with Crippen molar-refractivity contribution >= 4 is 5.91 Å². The van der Waals surface area contributed by atoms with Crippen LogP contribution >= 0.6 is 0 Å². The number of carbonyl (C=O) groups excluding carboxylic acids is 1. The Morgan fingerprint density at radius 2 is 1.75 bits per heavy atom. The average Bonchev–Trinajstić information content (AvgIpc) is 2.86. The number of amides is 1. The molecule has 0 radical (unpaired) electrons. The van der Waals surface area contributed by atoms with E-state index in [9.17, 15) is 4.79 Å². The zero-order valence-corrected chi connectivity index (χ0v) is 13.2. The average molecular weight is 278 g/mol. The maximum absolute atomic E-state index is 12.6. The van der Waals surface area contributed by atoms with Gasteiger partial charge in [-0.1, -0.05) is 20.8 Å². The molecule has 3 unspecified atom stereocenters. The molecule has 3 saturated carbocycles. The van der Waals surface area contributed by atoms with Crippen molar-refractivity contribution in [1.29, 1.82) is 0 Å². The number of rotatable bonds is 2. The first-order valence-electron chi connectivity index (χ1n) is 8.39. The highest BCUT2D eigenvalue weighted by Crippen LogP contribution is 2.62. The van der Waals surface area contributed by atoms with Crippen LogP contribution in [-0.4, -0.2) is 18.0 Å². The van der Waals surface area contributed by atoms with Gasteiger partial charge in [-0.15, -0.1) is 0 Å². The van der Waals surface area contributed by atoms with Crippen molar-refractivity contribution in [3.05, 3.63) is 0 Å². The minimum Gasteiger partial charge on any atom is -0.352 e. The molecule has 0 aromatic heterocycles. The molecule has 3 atom stereocenters. The quantitative estimate of drug-likeness (QED) is 0.816. The second-order valence-corrected chi connectivity index (χ2v) is 8.47. The first kappa shape index (κ1) is 14.4. The minimum absolute atomic E-state index is 0.202. The molecule has 1 amide bonds. The van der Waals surface area contributed by atoms with E-state index >= 15 is 0 Å². The predicted octanol–water partition coefficient (Wildman–Crippen LogP) is 2.83. The second kappa shape index (κ2) is 4.72. The minimum atomic E-state index is 0.202. The summed E-state index contributed by atoms with van der Waals surface area (Å²) in [6.45, 7) is 7.08. The van der Waals surface area contributed by atoms with Crippen LogP contribution in [0.2, 0.25) is 0 Å². The van der Waals surface area contributed by atoms with Crippen molar-refractivity contribution in [2.24, 2.45) is 28.4 Å². The van der Waals surface area contributed by atoms with E-state index in [4.69, 9.17) is 5.73 Å². The zero-order valence-electron chi connectivity index (χ0n) is 13.2. The standard InChI is InChI=1S/C17H30N2O/c1-16(2)12-8-9-17(3,10-12)15(16)19-14(20)11-4-6-13(18)7-5-11/h11-13,15H,4-10,18H2,1-3H3,(H,19,20). The maximum Gasteiger partial charge on any atom is 0.223 e. The van der Waals surface area contributed by atoms with E-state index in [-0.39, 0.29) is 11.3 Å². The van der Waals surface area contributed by atoms with Gasteiger partial charge in [-0.3, -0.25) is 4.79 Å². The summed E-state index contributed by atoms with van der Waals surface area (Å²) in [7, 11) is 0. The molecule has 0 aromatic rings. The third-order valence-corrected chi connectivity index (χ3v) is 6.70. The topological polar surface area (TPSA) is 55.1 Å². The molecule has 3 N–H and O–H groups in total. The number of hydrogen-bond donors (Lipinski definition) is 2. The molecule has 0 heterocycles. The lowest BCUT2D eigenvalue weighted by Crippen LogP contribution is -2.54. The molecular formula is C17H30N2O. The van der Waals surface area contributed by atoms with E-state index in [1.165, 1.54) is 19.3 Å². The van der Waals surface area contributed by atoms with E-state index in [1.807, 2.05) is 0 Å². The smallest absolute Gasteiger partial charge is 0.223 e. The van der Waals surface area contributed by atoms with Crippen molar-refractivity contribution in [3.8, 4) is 0 Å². The third-order valence-electron chi connectivity index (χ3n) is 6.70. The molecular weight excluding hydrogens is 248 g/mol. The highest BCUT2D eigenvalue weighted by molar-refractivity contribution is 5.79. The van der Waals surface area contributed by atoms with Crippen LogP contribution in [-0.2, 0) is 4.79 Å². The van der Waals surface area contributed by atoms with E-state index in [0.29, 0.717) is 23.4 Å². The van der Waals surface area contributed by atoms with Gasteiger partial charge in [0.05, 0.1) is 0 Å². The third kappa shape index (κ3) is 2.18. The van der Waals surface area contributed by atoms with Crippen LogP contribution in [0, 0.1) is 22.7 Å². The molecule has 20 heavy (non-hydrogen) atoms. The highest BCUT2D eigenvalue weighted by atomic mass is 16.2. The summed E-state index contributed by atoms with van der Waals surface area (Å²) in [5.41, 5.74) is 6.53. The molecule has 2 bridgehead atoms. The van der Waals surface area contributed by atoms with Crippen molar-refractivity contribution in [2.45, 2.75) is 77.8 Å². The summed E-state index contributed by atoms with van der Waals surface area (Å²) in [4.78, 5) is 12.6. The van der Waals surface area contributed by atoms with Crippen LogP contribution < -0.4 is 11.1 Å². The van der Waals surface area contributed by atoms with E-state index < -0.39 is 0 Å². The van der Waals surface area contributed by atoms with Gasteiger partial charge in [0.25, 0.3) is 0 Å². The van der Waals surface area contributed by atoms with Crippen LogP contribution in [0.3, 0.4) is 0 Å². The maximum atomic E-state index is 12.6. The molecule has 0 aliphatic heterocycles. The zero-order chi connectivity index (χ0) is 14.5. The van der Waals surface area contributed by atoms with Crippen LogP contribution in [0.15, 0.2) is 0 Å². The predicted molar refractivity (Wildman–Crippen MR) is 81.1 cm³/mol. The van der Waals surface area contributed by atoms with Crippen LogP contribution in [0.5, 0.6) is 0 Å². The summed E-state index contributed by atoms with van der Waals surface area (Å²) in [6, 6.07) is 0.673. The van der Waals surface area contributed by atoms with Crippen molar-refractivity contribution in [3.63, 3.8) is 0 Å². The highest BCUT2D eigenvalue weighted by Gasteiger charge is 2.59. The number of carbonyl (C=O) groups is 1. The SMILES string of the molecule is CC12CCC(C1)C(C)(C)C2NC(=O)C1CCC(N)CC1. The Bertz CT molecular complexity index is 393. The first-order valence-corrected chi connectivity index (χ1v) is 8.39. The van der Waals surface area contributed by atoms with Crippen LogP contribution in [0.4, 0.5) is 0 Å². The van der Waals surface area contributed by atoms with Crippen molar-refractivity contribution in [1.82, 2.24) is 5.32 Å². The molecule has 3 heteroatoms. The molecule has 3 nitrogen and oxygen atoms in total. The van der Waals surface area contributed by atoms with Crippen LogP contribution in [0.25, 0.3) is 0 Å². The van der Waals surface area contributed by atoms with E-state index in [0.717, 1.165) is 31.6 Å². The lowest BCUT2D eigenvalue weighted by molar-refractivity contribution is -0.128. The van der Waals surface area contributed by atoms with Gasteiger partial charge in [0.2, 0.25) is 5.91 Å². The Kier molecular flexibility index (Phi) is 3.39. The Hall–Kier alpha value is -0.570. The fourth-order valence-electron chi connectivity index (χ4n) is 5.30. The van der Waals surface area contributed by atoms with E-state index in [1.54, 1.807) is 0 Å². The molecule has 114 valence electrons. The van der Waals surface area contributed by atoms with Crippen molar-refractivity contribution < 1.29 is 4.79 Å². The number of fused-ring (bicyclic) bond motifs is 2. The summed E-state index contributed by atoms with van der Waals surface area (Å²) in [5.74, 6) is 1.29. The summed E-state index contributed by atoms with van der Waals surface area (Å²) >= 11 is 0. The Morgan fingerprint density at radius 3 is 2.30 bits per heavy atom. The molecule has 3 aliphatic rings. The summed E-state index contributed by atoms with van der Waals surface area (Å²) < 4.78 is 0. The lowest BCUT2D eigenvalue weighted by atomic mass is 9.68. The van der Waals surface area contributed by atoms with E-state index in [2.05, 4.69) is 26.1 Å². The van der Waals surface area contributed by atoms with Gasteiger partial charge < -0.3 is 11.1 Å². The molecule has 0 saturated heterocycles. The fraction of sp³-hybridized carbons (Fsp3) is 0.941. The summed E-state index contributed by atoms with van der Waals surface area (Å²) in [6.07, 6.45) is 7.87. The number of hydrogen-bond acceptors (Lipinski definition) is 2. The molecule has 3 aliphatic carbocycles. The Morgan fingerprint density at radius 1 is 1.10 bits per heavy atom. The second-order valence-electron chi connectivity index (χ2n) is 8.47. The Labute approximate surface area is 123 Å².